The average Bonchev–Trinajstić information content (AvgIpc) is 2.45. The Morgan fingerprint density at radius 3 is 2.76 bits per heavy atom. The Kier molecular flexibility index (Phi) is 7.04. The topological polar surface area (TPSA) is 96.4 Å². The smallest absolute Gasteiger partial charge is 0.328 e. The molecule has 0 fully saturated rings. The maximum atomic E-state index is 12.1. The number of nitrogens with zero attached hydrogens (tertiary/aromatic N) is 1. The van der Waals surface area contributed by atoms with Gasteiger partial charge in [0.25, 0.3) is 0 Å². The number of nitrogens with one attached hydrogen (secondary N) is 1. The third-order valence-electron chi connectivity index (χ3n) is 2.79. The molecule has 2 N–H and O–H groups in total. The summed E-state index contributed by atoms with van der Waals surface area (Å²) in [4.78, 5) is 14.3. The maximum Gasteiger partial charge on any atom is 0.328 e. The number of rotatable bonds is 9. The van der Waals surface area contributed by atoms with Crippen LogP contribution in [0.3, 0.4) is 0 Å². The summed E-state index contributed by atoms with van der Waals surface area (Å²) in [6.07, 6.45) is 8.83. The zero-order valence-corrected chi connectivity index (χ0v) is 12.8. The summed E-state index contributed by atoms with van der Waals surface area (Å²) in [5.41, 5.74) is 0.422. The van der Waals surface area contributed by atoms with Crippen LogP contribution in [-0.4, -0.2) is 31.0 Å². The number of hydrogen-bond acceptors (Lipinski definition) is 4. The molecule has 0 bridgehead atoms. The van der Waals surface area contributed by atoms with E-state index in [1.54, 1.807) is 0 Å². The fourth-order valence-corrected chi connectivity index (χ4v) is 2.75. The molecule has 0 spiro atoms. The van der Waals surface area contributed by atoms with Gasteiger partial charge in [-0.05, 0) is 24.1 Å². The van der Waals surface area contributed by atoms with Crippen LogP contribution in [0.25, 0.3) is 6.08 Å². The molecule has 0 aliphatic rings. The van der Waals surface area contributed by atoms with Crippen molar-refractivity contribution < 1.29 is 18.3 Å². The van der Waals surface area contributed by atoms with Gasteiger partial charge in [-0.3, -0.25) is 4.98 Å². The summed E-state index contributed by atoms with van der Waals surface area (Å²) >= 11 is 0. The highest BCUT2D eigenvalue weighted by Crippen LogP contribution is 2.11. The van der Waals surface area contributed by atoms with Crippen molar-refractivity contribution >= 4 is 22.1 Å². The van der Waals surface area contributed by atoms with Crippen molar-refractivity contribution in [3.8, 4) is 0 Å². The first-order chi connectivity index (χ1) is 9.95. The fraction of sp³-hybridized carbons (Fsp3) is 0.429. The van der Waals surface area contributed by atoms with Gasteiger partial charge < -0.3 is 5.11 Å². The zero-order valence-electron chi connectivity index (χ0n) is 11.9. The van der Waals surface area contributed by atoms with Gasteiger partial charge in [0.2, 0.25) is 10.0 Å². The maximum absolute atomic E-state index is 12.1. The Bertz CT molecular complexity index is 597. The minimum atomic E-state index is -3.60. The SMILES string of the molecule is CCCCCCNS(=O)(=O)c1cncc(C=CC(=O)O)c1. The van der Waals surface area contributed by atoms with E-state index in [4.69, 9.17) is 5.11 Å². The summed E-state index contributed by atoms with van der Waals surface area (Å²) in [6, 6.07) is 1.39. The van der Waals surface area contributed by atoms with Gasteiger partial charge >= 0.3 is 5.97 Å². The third kappa shape index (κ3) is 6.50. The molecule has 0 aliphatic heterocycles. The van der Waals surface area contributed by atoms with E-state index in [1.807, 2.05) is 0 Å². The largest absolute Gasteiger partial charge is 0.478 e. The van der Waals surface area contributed by atoms with E-state index < -0.39 is 16.0 Å². The number of sulfonamides is 1. The Morgan fingerprint density at radius 1 is 1.33 bits per heavy atom. The third-order valence-corrected chi connectivity index (χ3v) is 4.21. The molecule has 21 heavy (non-hydrogen) atoms. The Morgan fingerprint density at radius 2 is 2.10 bits per heavy atom. The van der Waals surface area contributed by atoms with Crippen LogP contribution in [0.15, 0.2) is 29.4 Å². The van der Waals surface area contributed by atoms with E-state index in [0.717, 1.165) is 31.8 Å². The molecule has 0 unspecified atom stereocenters. The van der Waals surface area contributed by atoms with Gasteiger partial charge in [0.05, 0.1) is 0 Å². The number of aliphatic carboxylic acids is 1. The second-order valence-corrected chi connectivity index (χ2v) is 6.35. The van der Waals surface area contributed by atoms with Gasteiger partial charge in [-0.2, -0.15) is 0 Å². The van der Waals surface area contributed by atoms with Gasteiger partial charge in [-0.1, -0.05) is 26.2 Å². The fourth-order valence-electron chi connectivity index (χ4n) is 1.68. The van der Waals surface area contributed by atoms with Crippen LogP contribution in [0.4, 0.5) is 0 Å². The quantitative estimate of drug-likeness (QED) is 0.537. The van der Waals surface area contributed by atoms with Gasteiger partial charge in [-0.25, -0.2) is 17.9 Å². The van der Waals surface area contributed by atoms with E-state index in [2.05, 4.69) is 16.6 Å². The summed E-state index contributed by atoms with van der Waals surface area (Å²) < 4.78 is 26.6. The van der Waals surface area contributed by atoms with Crippen molar-refractivity contribution in [3.05, 3.63) is 30.1 Å². The van der Waals surface area contributed by atoms with Crippen LogP contribution in [0.1, 0.15) is 38.2 Å². The summed E-state index contributed by atoms with van der Waals surface area (Å²) in [6.45, 7) is 2.48. The highest BCUT2D eigenvalue weighted by Gasteiger charge is 2.13. The van der Waals surface area contributed by atoms with Crippen molar-refractivity contribution in [2.24, 2.45) is 0 Å². The lowest BCUT2D eigenvalue weighted by Gasteiger charge is -2.06. The van der Waals surface area contributed by atoms with E-state index >= 15 is 0 Å². The molecule has 116 valence electrons. The minimum absolute atomic E-state index is 0.0329. The molecule has 0 atom stereocenters. The number of carboxylic acid groups (broad SMARTS) is 1. The number of carbonyl (C=O) groups is 1. The number of aromatic nitrogens is 1. The molecule has 0 aliphatic carbocycles. The number of unbranched alkanes of at least 4 members (excludes halogenated alkanes) is 3. The van der Waals surface area contributed by atoms with E-state index in [-0.39, 0.29) is 4.90 Å². The Balaban J connectivity index is 2.70. The first-order valence-corrected chi connectivity index (χ1v) is 8.29. The lowest BCUT2D eigenvalue weighted by molar-refractivity contribution is -0.131. The summed E-state index contributed by atoms with van der Waals surface area (Å²) in [7, 11) is -3.60. The summed E-state index contributed by atoms with van der Waals surface area (Å²) in [5, 5.41) is 8.55. The Labute approximate surface area is 125 Å². The predicted octanol–water partition coefficient (Wildman–Crippen LogP) is 2.04. The second kappa shape index (κ2) is 8.53. The number of hydrogen-bond donors (Lipinski definition) is 2. The van der Waals surface area contributed by atoms with Crippen LogP contribution < -0.4 is 4.72 Å². The van der Waals surface area contributed by atoms with Gasteiger partial charge in [0.1, 0.15) is 4.90 Å². The molecule has 1 aromatic rings. The lowest BCUT2D eigenvalue weighted by atomic mass is 10.2. The van der Waals surface area contributed by atoms with E-state index in [0.29, 0.717) is 12.1 Å². The average molecular weight is 312 g/mol. The Hall–Kier alpha value is -1.73. The number of carboxylic acids is 1. The lowest BCUT2D eigenvalue weighted by Crippen LogP contribution is -2.25. The van der Waals surface area contributed by atoms with E-state index in [9.17, 15) is 13.2 Å². The normalized spacial score (nSPS) is 11.9. The molecular weight excluding hydrogens is 292 g/mol. The zero-order chi connectivity index (χ0) is 15.7. The monoisotopic (exact) mass is 312 g/mol. The van der Waals surface area contributed by atoms with Crippen molar-refractivity contribution in [1.29, 1.82) is 0 Å². The second-order valence-electron chi connectivity index (χ2n) is 4.58. The molecule has 0 aromatic carbocycles. The highest BCUT2D eigenvalue weighted by molar-refractivity contribution is 7.89. The molecule has 0 saturated carbocycles. The van der Waals surface area contributed by atoms with Crippen molar-refractivity contribution in [3.63, 3.8) is 0 Å². The minimum Gasteiger partial charge on any atom is -0.478 e. The van der Waals surface area contributed by atoms with Gasteiger partial charge in [0, 0.05) is 25.0 Å². The van der Waals surface area contributed by atoms with Crippen LogP contribution in [0, 0.1) is 0 Å². The molecule has 0 radical (unpaired) electrons. The molecule has 1 aromatic heterocycles. The molecule has 0 amide bonds. The van der Waals surface area contributed by atoms with Gasteiger partial charge in [0.15, 0.2) is 0 Å². The van der Waals surface area contributed by atoms with Crippen LogP contribution in [-0.2, 0) is 14.8 Å². The molecule has 6 nitrogen and oxygen atoms in total. The molecule has 7 heteroatoms. The first kappa shape index (κ1) is 17.3. The first-order valence-electron chi connectivity index (χ1n) is 6.81. The standard InChI is InChI=1S/C14H20N2O4S/c1-2-3-4-5-8-16-21(19,20)13-9-12(10-15-11-13)6-7-14(17)18/h6-7,9-11,16H,2-5,8H2,1H3,(H,17,18). The van der Waals surface area contributed by atoms with Crippen LogP contribution in [0.5, 0.6) is 0 Å². The molecule has 0 saturated heterocycles. The van der Waals surface area contributed by atoms with Crippen molar-refractivity contribution in [2.75, 3.05) is 6.54 Å². The molecule has 1 heterocycles. The molecule has 1 rings (SSSR count). The summed E-state index contributed by atoms with van der Waals surface area (Å²) in [5.74, 6) is -1.10. The van der Waals surface area contributed by atoms with E-state index in [1.165, 1.54) is 24.5 Å². The highest BCUT2D eigenvalue weighted by atomic mass is 32.2. The van der Waals surface area contributed by atoms with Gasteiger partial charge in [-0.15, -0.1) is 0 Å². The predicted molar refractivity (Wildman–Crippen MR) is 80.2 cm³/mol. The van der Waals surface area contributed by atoms with Crippen LogP contribution in [0.2, 0.25) is 0 Å². The van der Waals surface area contributed by atoms with Crippen molar-refractivity contribution in [2.45, 2.75) is 37.5 Å². The van der Waals surface area contributed by atoms with Crippen molar-refractivity contribution in [1.82, 2.24) is 9.71 Å². The van der Waals surface area contributed by atoms with Crippen LogP contribution >= 0.6 is 0 Å². The molecular formula is C14H20N2O4S. The number of pyridine rings is 1.